The van der Waals surface area contributed by atoms with Gasteiger partial charge in [0.25, 0.3) is 0 Å². The molecule has 8 heteroatoms. The molecule has 0 bridgehead atoms. The molecule has 0 saturated heterocycles. The molecule has 1 rings (SSSR count). The standard InChI is InChI=1S/C7H7F3N2O2S/c1-3-2-4(13)12-6(11-3)15-5(14)7(8,9)10/h3H,2H2,1H3,(H,11,12,13)/t3-/m0/s1. The number of nitrogens with one attached hydrogen (secondary N) is 1. The van der Waals surface area contributed by atoms with Crippen molar-refractivity contribution in [2.75, 3.05) is 0 Å². The molecule has 0 spiro atoms. The summed E-state index contributed by atoms with van der Waals surface area (Å²) in [6.07, 6.45) is -4.80. The fraction of sp³-hybridized carbons (Fsp3) is 0.571. The third kappa shape index (κ3) is 3.54. The van der Waals surface area contributed by atoms with Gasteiger partial charge in [0.1, 0.15) is 0 Å². The van der Waals surface area contributed by atoms with Gasteiger partial charge in [-0.15, -0.1) is 0 Å². The molecule has 84 valence electrons. The molecular weight excluding hydrogens is 233 g/mol. The van der Waals surface area contributed by atoms with Crippen LogP contribution >= 0.6 is 11.8 Å². The minimum absolute atomic E-state index is 0.111. The van der Waals surface area contributed by atoms with Gasteiger partial charge in [0.05, 0.1) is 6.04 Å². The third-order valence-electron chi connectivity index (χ3n) is 1.49. The lowest BCUT2D eigenvalue weighted by molar-refractivity contribution is -0.160. The number of thioether (sulfide) groups is 1. The van der Waals surface area contributed by atoms with Crippen LogP contribution in [0.2, 0.25) is 0 Å². The van der Waals surface area contributed by atoms with E-state index in [4.69, 9.17) is 0 Å². The first kappa shape index (κ1) is 12.0. The second kappa shape index (κ2) is 4.21. The second-order valence-electron chi connectivity index (χ2n) is 2.92. The fourth-order valence-electron chi connectivity index (χ4n) is 0.914. The van der Waals surface area contributed by atoms with Crippen LogP contribution in [0.15, 0.2) is 4.99 Å². The number of amides is 1. The van der Waals surface area contributed by atoms with Gasteiger partial charge in [-0.2, -0.15) is 13.2 Å². The number of hydrogen-bond acceptors (Lipinski definition) is 4. The van der Waals surface area contributed by atoms with Gasteiger partial charge >= 0.3 is 11.3 Å². The second-order valence-corrected chi connectivity index (χ2v) is 3.88. The Morgan fingerprint density at radius 2 is 2.20 bits per heavy atom. The van der Waals surface area contributed by atoms with Gasteiger partial charge in [0.15, 0.2) is 5.17 Å². The van der Waals surface area contributed by atoms with Crippen LogP contribution in [-0.4, -0.2) is 28.4 Å². The summed E-state index contributed by atoms with van der Waals surface area (Å²) in [7, 11) is 0. The number of carbonyl (C=O) groups excluding carboxylic acids is 2. The zero-order valence-electron chi connectivity index (χ0n) is 7.59. The maximum Gasteiger partial charge on any atom is 0.461 e. The van der Waals surface area contributed by atoms with Crippen molar-refractivity contribution in [1.29, 1.82) is 0 Å². The van der Waals surface area contributed by atoms with Crippen LogP contribution in [0.25, 0.3) is 0 Å². The Labute approximate surface area is 87.3 Å². The van der Waals surface area contributed by atoms with Crippen LogP contribution in [0, 0.1) is 0 Å². The van der Waals surface area contributed by atoms with Crippen LogP contribution in [-0.2, 0) is 9.59 Å². The van der Waals surface area contributed by atoms with E-state index < -0.39 is 23.2 Å². The topological polar surface area (TPSA) is 58.5 Å². The Morgan fingerprint density at radius 1 is 1.60 bits per heavy atom. The number of rotatable bonds is 0. The largest absolute Gasteiger partial charge is 0.461 e. The number of aliphatic imine (C=N–C) groups is 1. The van der Waals surface area contributed by atoms with Crippen LogP contribution in [0.5, 0.6) is 0 Å². The van der Waals surface area contributed by atoms with Crippen molar-refractivity contribution in [2.24, 2.45) is 4.99 Å². The Balaban J connectivity index is 2.67. The van der Waals surface area contributed by atoms with Gasteiger partial charge in [0.2, 0.25) is 5.91 Å². The van der Waals surface area contributed by atoms with Gasteiger partial charge in [0, 0.05) is 6.42 Å². The molecule has 1 N–H and O–H groups in total. The lowest BCUT2D eigenvalue weighted by Gasteiger charge is -2.16. The molecule has 0 aromatic rings. The molecule has 0 aliphatic carbocycles. The van der Waals surface area contributed by atoms with Crippen molar-refractivity contribution in [2.45, 2.75) is 25.6 Å². The number of amidine groups is 1. The van der Waals surface area contributed by atoms with E-state index in [1.807, 2.05) is 0 Å². The number of nitrogens with zero attached hydrogens (tertiary/aromatic N) is 1. The molecule has 0 fully saturated rings. The first-order chi connectivity index (χ1) is 6.79. The molecule has 0 unspecified atom stereocenters. The van der Waals surface area contributed by atoms with Gasteiger partial charge in [-0.05, 0) is 18.7 Å². The molecular formula is C7H7F3N2O2S. The highest BCUT2D eigenvalue weighted by Gasteiger charge is 2.40. The third-order valence-corrected chi connectivity index (χ3v) is 2.30. The van der Waals surface area contributed by atoms with Crippen molar-refractivity contribution in [3.63, 3.8) is 0 Å². The van der Waals surface area contributed by atoms with Crippen molar-refractivity contribution in [1.82, 2.24) is 5.32 Å². The normalized spacial score (nSPS) is 22.0. The molecule has 0 aromatic heterocycles. The molecule has 1 atom stereocenters. The maximum atomic E-state index is 11.9. The summed E-state index contributed by atoms with van der Waals surface area (Å²) in [5.41, 5.74) is 0. The Hall–Kier alpha value is -1.05. The quantitative estimate of drug-likeness (QED) is 0.689. The Bertz CT molecular complexity index is 327. The highest BCUT2D eigenvalue weighted by atomic mass is 32.2. The summed E-state index contributed by atoms with van der Waals surface area (Å²) in [5.74, 6) is -0.435. The van der Waals surface area contributed by atoms with Gasteiger partial charge in [-0.1, -0.05) is 0 Å². The molecule has 15 heavy (non-hydrogen) atoms. The molecule has 1 aliphatic rings. The summed E-state index contributed by atoms with van der Waals surface area (Å²) in [4.78, 5) is 25.2. The highest BCUT2D eigenvalue weighted by Crippen LogP contribution is 2.24. The summed E-state index contributed by atoms with van der Waals surface area (Å²) >= 11 is -0.111. The molecule has 0 aromatic carbocycles. The van der Waals surface area contributed by atoms with Crippen LogP contribution in [0.4, 0.5) is 13.2 Å². The van der Waals surface area contributed by atoms with E-state index in [9.17, 15) is 22.8 Å². The van der Waals surface area contributed by atoms with Crippen molar-refractivity contribution >= 4 is 28.0 Å². The zero-order valence-corrected chi connectivity index (χ0v) is 8.41. The molecule has 0 saturated carbocycles. The zero-order chi connectivity index (χ0) is 11.6. The monoisotopic (exact) mass is 240 g/mol. The van der Waals surface area contributed by atoms with Gasteiger partial charge in [-0.25, -0.2) is 0 Å². The number of carbonyl (C=O) groups is 2. The average Bonchev–Trinajstić information content (AvgIpc) is 1.99. The lowest BCUT2D eigenvalue weighted by atomic mass is 10.2. The first-order valence-electron chi connectivity index (χ1n) is 3.95. The van der Waals surface area contributed by atoms with Crippen LogP contribution in [0.1, 0.15) is 13.3 Å². The van der Waals surface area contributed by atoms with Crippen molar-refractivity contribution < 1.29 is 22.8 Å². The van der Waals surface area contributed by atoms with Crippen molar-refractivity contribution in [3.8, 4) is 0 Å². The molecule has 4 nitrogen and oxygen atoms in total. The number of halogens is 3. The Kier molecular flexibility index (Phi) is 3.38. The minimum atomic E-state index is -4.92. The van der Waals surface area contributed by atoms with E-state index in [1.54, 1.807) is 6.92 Å². The SMILES string of the molecule is C[C@H]1CC(=O)NC(SC(=O)C(F)(F)F)=N1. The van der Waals surface area contributed by atoms with Gasteiger partial charge < -0.3 is 5.32 Å². The number of hydrogen-bond donors (Lipinski definition) is 1. The number of alkyl halides is 3. The van der Waals surface area contributed by atoms with E-state index in [2.05, 4.69) is 10.3 Å². The summed E-state index contributed by atoms with van der Waals surface area (Å²) in [5, 5.41) is -0.178. The van der Waals surface area contributed by atoms with Crippen LogP contribution < -0.4 is 5.32 Å². The van der Waals surface area contributed by atoms with E-state index in [1.165, 1.54) is 0 Å². The van der Waals surface area contributed by atoms with E-state index in [0.29, 0.717) is 0 Å². The highest BCUT2D eigenvalue weighted by molar-refractivity contribution is 8.26. The maximum absolute atomic E-state index is 11.9. The van der Waals surface area contributed by atoms with Crippen molar-refractivity contribution in [3.05, 3.63) is 0 Å². The van der Waals surface area contributed by atoms with E-state index in [0.717, 1.165) is 0 Å². The van der Waals surface area contributed by atoms with E-state index >= 15 is 0 Å². The predicted octanol–water partition coefficient (Wildman–Crippen LogP) is 1.07. The Morgan fingerprint density at radius 3 is 2.67 bits per heavy atom. The molecule has 1 heterocycles. The molecule has 1 aliphatic heterocycles. The van der Waals surface area contributed by atoms with Crippen LogP contribution in [0.3, 0.4) is 0 Å². The average molecular weight is 240 g/mol. The molecule has 1 amide bonds. The minimum Gasteiger partial charge on any atom is -0.305 e. The summed E-state index contributed by atoms with van der Waals surface area (Å²) in [6, 6.07) is -0.401. The fourth-order valence-corrected chi connectivity index (χ4v) is 1.60. The summed E-state index contributed by atoms with van der Waals surface area (Å²) in [6.45, 7) is 1.58. The van der Waals surface area contributed by atoms with E-state index in [-0.39, 0.29) is 23.4 Å². The molecule has 0 radical (unpaired) electrons. The predicted molar refractivity (Wildman–Crippen MR) is 48.3 cm³/mol. The lowest BCUT2D eigenvalue weighted by Crippen LogP contribution is -2.37. The first-order valence-corrected chi connectivity index (χ1v) is 4.77. The van der Waals surface area contributed by atoms with Gasteiger partial charge in [-0.3, -0.25) is 14.6 Å². The smallest absolute Gasteiger partial charge is 0.305 e. The summed E-state index contributed by atoms with van der Waals surface area (Å²) < 4.78 is 35.6.